The maximum absolute atomic E-state index is 13.3. The Balaban J connectivity index is 2.18. The van der Waals surface area contributed by atoms with Crippen molar-refractivity contribution in [1.29, 1.82) is 5.26 Å². The first-order chi connectivity index (χ1) is 8.61. The smallest absolute Gasteiger partial charge is 0.123 e. The van der Waals surface area contributed by atoms with E-state index >= 15 is 0 Å². The molecule has 2 nitrogen and oxygen atoms in total. The molecular weight excluding hydrogens is 227 g/mol. The number of nitrogens with zero attached hydrogens (tertiary/aromatic N) is 2. The van der Waals surface area contributed by atoms with Crippen molar-refractivity contribution in [3.63, 3.8) is 0 Å². The van der Waals surface area contributed by atoms with E-state index in [0.717, 1.165) is 12.1 Å². The van der Waals surface area contributed by atoms with Gasteiger partial charge in [-0.2, -0.15) is 5.26 Å². The molecule has 0 bridgehead atoms. The van der Waals surface area contributed by atoms with E-state index in [1.54, 1.807) is 6.07 Å². The molecule has 0 N–H and O–H groups in total. The number of likely N-dealkylation sites (tertiary alicyclic amines) is 1. The molecule has 1 aliphatic heterocycles. The monoisotopic (exact) mass is 246 g/mol. The number of rotatable bonds is 2. The van der Waals surface area contributed by atoms with Gasteiger partial charge in [-0.1, -0.05) is 6.92 Å². The number of nitriles is 1. The zero-order valence-electron chi connectivity index (χ0n) is 11.0. The van der Waals surface area contributed by atoms with Crippen molar-refractivity contribution in [2.45, 2.75) is 39.3 Å². The minimum Gasteiger partial charge on any atom is -0.296 e. The Morgan fingerprint density at radius 3 is 2.94 bits per heavy atom. The molecule has 0 saturated carbocycles. The maximum atomic E-state index is 13.3. The topological polar surface area (TPSA) is 27.0 Å². The Kier molecular flexibility index (Phi) is 3.98. The van der Waals surface area contributed by atoms with Crippen LogP contribution in [0.5, 0.6) is 0 Å². The summed E-state index contributed by atoms with van der Waals surface area (Å²) in [5.74, 6) is 0.402. The van der Waals surface area contributed by atoms with Crippen LogP contribution in [-0.4, -0.2) is 17.5 Å². The van der Waals surface area contributed by atoms with Crippen LogP contribution in [0, 0.1) is 23.1 Å². The van der Waals surface area contributed by atoms with Gasteiger partial charge < -0.3 is 0 Å². The maximum Gasteiger partial charge on any atom is 0.123 e. The van der Waals surface area contributed by atoms with Crippen molar-refractivity contribution in [3.8, 4) is 6.07 Å². The van der Waals surface area contributed by atoms with Crippen LogP contribution in [0.1, 0.15) is 37.8 Å². The lowest BCUT2D eigenvalue weighted by Gasteiger charge is -2.38. The molecule has 0 spiro atoms. The normalized spacial score (nSPS) is 24.8. The second-order valence-electron chi connectivity index (χ2n) is 5.24. The third-order valence-corrected chi connectivity index (χ3v) is 4.07. The first-order valence-corrected chi connectivity index (χ1v) is 6.54. The fourth-order valence-corrected chi connectivity index (χ4v) is 2.67. The van der Waals surface area contributed by atoms with E-state index in [1.165, 1.54) is 25.0 Å². The first-order valence-electron chi connectivity index (χ1n) is 6.54. The summed E-state index contributed by atoms with van der Waals surface area (Å²) in [5.41, 5.74) is 1.39. The Morgan fingerprint density at radius 1 is 1.44 bits per heavy atom. The van der Waals surface area contributed by atoms with Crippen molar-refractivity contribution in [2.24, 2.45) is 5.92 Å². The molecule has 1 aliphatic rings. The van der Waals surface area contributed by atoms with Gasteiger partial charge in [0.2, 0.25) is 0 Å². The molecule has 2 rings (SSSR count). The van der Waals surface area contributed by atoms with Crippen LogP contribution < -0.4 is 0 Å². The standard InChI is InChI=1S/C15H19FN2/c1-11-4-3-7-18(12(11)2)10-14-8-15(16)6-5-13(14)9-17/h5-6,8,11-12H,3-4,7,10H2,1-2H3. The van der Waals surface area contributed by atoms with Crippen LogP contribution in [0.25, 0.3) is 0 Å². The summed E-state index contributed by atoms with van der Waals surface area (Å²) in [6.45, 7) is 6.18. The lowest BCUT2D eigenvalue weighted by Crippen LogP contribution is -2.41. The molecule has 1 heterocycles. The summed E-state index contributed by atoms with van der Waals surface area (Å²) in [7, 11) is 0. The number of hydrogen-bond acceptors (Lipinski definition) is 2. The van der Waals surface area contributed by atoms with Gasteiger partial charge >= 0.3 is 0 Å². The number of hydrogen-bond donors (Lipinski definition) is 0. The van der Waals surface area contributed by atoms with Gasteiger partial charge in [0.05, 0.1) is 11.6 Å². The second kappa shape index (κ2) is 5.49. The fourth-order valence-electron chi connectivity index (χ4n) is 2.67. The average molecular weight is 246 g/mol. The van der Waals surface area contributed by atoms with E-state index in [9.17, 15) is 4.39 Å². The van der Waals surface area contributed by atoms with Gasteiger partial charge in [-0.3, -0.25) is 4.90 Å². The molecule has 0 amide bonds. The average Bonchev–Trinajstić information content (AvgIpc) is 2.35. The minimum absolute atomic E-state index is 0.262. The summed E-state index contributed by atoms with van der Waals surface area (Å²) < 4.78 is 13.3. The lowest BCUT2D eigenvalue weighted by molar-refractivity contribution is 0.106. The van der Waals surface area contributed by atoms with Crippen LogP contribution in [0.2, 0.25) is 0 Å². The minimum atomic E-state index is -0.262. The number of piperidine rings is 1. The first kappa shape index (κ1) is 13.0. The third kappa shape index (κ3) is 2.70. The predicted octanol–water partition coefficient (Wildman–Crippen LogP) is 3.32. The van der Waals surface area contributed by atoms with E-state index in [-0.39, 0.29) is 5.82 Å². The van der Waals surface area contributed by atoms with Gasteiger partial charge in [-0.05, 0) is 56.0 Å². The lowest BCUT2D eigenvalue weighted by atomic mass is 9.91. The summed E-state index contributed by atoms with van der Waals surface area (Å²) in [6, 6.07) is 7.05. The van der Waals surface area contributed by atoms with Crippen LogP contribution in [-0.2, 0) is 6.54 Å². The summed E-state index contributed by atoms with van der Waals surface area (Å²) in [5, 5.41) is 9.07. The largest absolute Gasteiger partial charge is 0.296 e. The molecule has 1 fully saturated rings. The molecule has 1 aromatic carbocycles. The second-order valence-corrected chi connectivity index (χ2v) is 5.24. The molecule has 1 aromatic rings. The highest BCUT2D eigenvalue weighted by Crippen LogP contribution is 2.25. The van der Waals surface area contributed by atoms with E-state index < -0.39 is 0 Å². The van der Waals surface area contributed by atoms with Gasteiger partial charge in [-0.25, -0.2) is 4.39 Å². The Hall–Kier alpha value is -1.40. The Bertz CT molecular complexity index is 464. The molecule has 2 unspecified atom stereocenters. The van der Waals surface area contributed by atoms with Crippen LogP contribution >= 0.6 is 0 Å². The molecule has 3 heteroatoms. The summed E-state index contributed by atoms with van der Waals surface area (Å²) in [4.78, 5) is 2.35. The molecule has 18 heavy (non-hydrogen) atoms. The fraction of sp³-hybridized carbons (Fsp3) is 0.533. The zero-order valence-corrected chi connectivity index (χ0v) is 11.0. The number of benzene rings is 1. The summed E-state index contributed by atoms with van der Waals surface area (Å²) >= 11 is 0. The molecule has 0 aliphatic carbocycles. The van der Waals surface area contributed by atoms with Gasteiger partial charge in [0, 0.05) is 12.6 Å². The SMILES string of the molecule is CC1CCCN(Cc2cc(F)ccc2C#N)C1C. The summed E-state index contributed by atoms with van der Waals surface area (Å²) in [6.07, 6.45) is 2.44. The highest BCUT2D eigenvalue weighted by Gasteiger charge is 2.25. The van der Waals surface area contributed by atoms with Gasteiger partial charge in [0.15, 0.2) is 0 Å². The Labute approximate surface area is 108 Å². The molecule has 0 aromatic heterocycles. The van der Waals surface area contributed by atoms with E-state index in [2.05, 4.69) is 24.8 Å². The van der Waals surface area contributed by atoms with Crippen molar-refractivity contribution >= 4 is 0 Å². The van der Waals surface area contributed by atoms with Crippen molar-refractivity contribution in [3.05, 3.63) is 35.1 Å². The van der Waals surface area contributed by atoms with Crippen LogP contribution in [0.4, 0.5) is 4.39 Å². The highest BCUT2D eigenvalue weighted by atomic mass is 19.1. The van der Waals surface area contributed by atoms with Crippen LogP contribution in [0.15, 0.2) is 18.2 Å². The molecule has 1 saturated heterocycles. The van der Waals surface area contributed by atoms with Crippen molar-refractivity contribution < 1.29 is 4.39 Å². The zero-order chi connectivity index (χ0) is 13.1. The van der Waals surface area contributed by atoms with Gasteiger partial charge in [0.25, 0.3) is 0 Å². The van der Waals surface area contributed by atoms with E-state index in [1.807, 2.05) is 0 Å². The van der Waals surface area contributed by atoms with E-state index in [0.29, 0.717) is 24.1 Å². The molecule has 96 valence electrons. The third-order valence-electron chi connectivity index (χ3n) is 4.07. The molecular formula is C15H19FN2. The van der Waals surface area contributed by atoms with Crippen molar-refractivity contribution in [1.82, 2.24) is 4.90 Å². The van der Waals surface area contributed by atoms with Gasteiger partial charge in [-0.15, -0.1) is 0 Å². The molecule has 0 radical (unpaired) electrons. The van der Waals surface area contributed by atoms with Crippen molar-refractivity contribution in [2.75, 3.05) is 6.54 Å². The Morgan fingerprint density at radius 2 is 2.22 bits per heavy atom. The number of halogens is 1. The highest BCUT2D eigenvalue weighted by molar-refractivity contribution is 5.37. The van der Waals surface area contributed by atoms with E-state index in [4.69, 9.17) is 5.26 Å². The molecule has 2 atom stereocenters. The predicted molar refractivity (Wildman–Crippen MR) is 69.4 cm³/mol. The quantitative estimate of drug-likeness (QED) is 0.800. The van der Waals surface area contributed by atoms with Crippen LogP contribution in [0.3, 0.4) is 0 Å². The van der Waals surface area contributed by atoms with Gasteiger partial charge in [0.1, 0.15) is 5.82 Å².